The molecule has 0 aromatic carbocycles. The fraction of sp³-hybridized carbons (Fsp3) is 1.00. The SMILES string of the molecule is O=S(=O)(O)C1CC2CC(S(=O)(=O)O)CC2C1. The van der Waals surface area contributed by atoms with Crippen molar-refractivity contribution in [3.05, 3.63) is 0 Å². The van der Waals surface area contributed by atoms with Crippen LogP contribution in [0.3, 0.4) is 0 Å². The van der Waals surface area contributed by atoms with Gasteiger partial charge in [-0.2, -0.15) is 16.8 Å². The van der Waals surface area contributed by atoms with E-state index in [2.05, 4.69) is 0 Å². The molecule has 2 saturated carbocycles. The van der Waals surface area contributed by atoms with E-state index in [1.54, 1.807) is 0 Å². The van der Waals surface area contributed by atoms with Crippen LogP contribution in [0.4, 0.5) is 0 Å². The Hall–Kier alpha value is -0.180. The summed E-state index contributed by atoms with van der Waals surface area (Å²) in [7, 11) is -8.02. The highest BCUT2D eigenvalue weighted by molar-refractivity contribution is 7.86. The van der Waals surface area contributed by atoms with E-state index in [1.165, 1.54) is 0 Å². The summed E-state index contributed by atoms with van der Waals surface area (Å²) < 4.78 is 61.5. The van der Waals surface area contributed by atoms with E-state index in [1.807, 2.05) is 0 Å². The van der Waals surface area contributed by atoms with Crippen molar-refractivity contribution >= 4 is 20.2 Å². The predicted octanol–water partition coefficient (Wildman–Crippen LogP) is 0.319. The molecule has 0 amide bonds. The van der Waals surface area contributed by atoms with Crippen molar-refractivity contribution in [1.29, 1.82) is 0 Å². The minimum atomic E-state index is -4.01. The molecule has 0 aromatic rings. The van der Waals surface area contributed by atoms with Crippen LogP contribution in [-0.4, -0.2) is 36.4 Å². The van der Waals surface area contributed by atoms with E-state index in [9.17, 15) is 16.8 Å². The average molecular weight is 270 g/mol. The molecule has 8 heteroatoms. The highest BCUT2D eigenvalue weighted by atomic mass is 32.2. The van der Waals surface area contributed by atoms with Crippen molar-refractivity contribution in [3.63, 3.8) is 0 Å². The summed E-state index contributed by atoms with van der Waals surface area (Å²) in [4.78, 5) is 0. The molecule has 0 spiro atoms. The van der Waals surface area contributed by atoms with Crippen molar-refractivity contribution in [3.8, 4) is 0 Å². The molecule has 2 N–H and O–H groups in total. The lowest BCUT2D eigenvalue weighted by molar-refractivity contribution is 0.453. The maximum Gasteiger partial charge on any atom is 0.267 e. The van der Waals surface area contributed by atoms with Crippen molar-refractivity contribution in [2.75, 3.05) is 0 Å². The molecule has 0 saturated heterocycles. The smallest absolute Gasteiger partial charge is 0.267 e. The molecule has 0 heterocycles. The first-order chi connectivity index (χ1) is 7.18. The molecule has 0 unspecified atom stereocenters. The van der Waals surface area contributed by atoms with E-state index in [-0.39, 0.29) is 11.8 Å². The van der Waals surface area contributed by atoms with Crippen molar-refractivity contribution in [2.45, 2.75) is 36.2 Å². The first-order valence-corrected chi connectivity index (χ1v) is 8.11. The summed E-state index contributed by atoms with van der Waals surface area (Å²) in [5.41, 5.74) is 0. The second-order valence-corrected chi connectivity index (χ2v) is 8.13. The Bertz CT molecular complexity index is 421. The fourth-order valence-electron chi connectivity index (χ4n) is 2.99. The summed E-state index contributed by atoms with van der Waals surface area (Å²) in [6.45, 7) is 0. The van der Waals surface area contributed by atoms with Gasteiger partial charge in [0.25, 0.3) is 20.2 Å². The van der Waals surface area contributed by atoms with Gasteiger partial charge < -0.3 is 0 Å². The molecule has 2 rings (SSSR count). The lowest BCUT2D eigenvalue weighted by Gasteiger charge is -2.10. The molecule has 0 radical (unpaired) electrons. The average Bonchev–Trinajstić information content (AvgIpc) is 2.53. The highest BCUT2D eigenvalue weighted by Crippen LogP contribution is 2.47. The minimum Gasteiger partial charge on any atom is -0.285 e. The van der Waals surface area contributed by atoms with Crippen LogP contribution in [0.5, 0.6) is 0 Å². The van der Waals surface area contributed by atoms with Gasteiger partial charge in [-0.15, -0.1) is 0 Å². The van der Waals surface area contributed by atoms with E-state index in [4.69, 9.17) is 9.11 Å². The Labute approximate surface area is 94.5 Å². The highest BCUT2D eigenvalue weighted by Gasteiger charge is 2.48. The molecule has 0 bridgehead atoms. The summed E-state index contributed by atoms with van der Waals surface area (Å²) in [6, 6.07) is 0. The van der Waals surface area contributed by atoms with Crippen LogP contribution in [0.2, 0.25) is 0 Å². The van der Waals surface area contributed by atoms with Gasteiger partial charge in [-0.25, -0.2) is 0 Å². The Morgan fingerprint density at radius 2 is 0.938 bits per heavy atom. The predicted molar refractivity (Wildman–Crippen MR) is 56.1 cm³/mol. The molecule has 94 valence electrons. The van der Waals surface area contributed by atoms with Crippen molar-refractivity contribution in [2.24, 2.45) is 11.8 Å². The zero-order chi connectivity index (χ0) is 12.1. The van der Waals surface area contributed by atoms with Gasteiger partial charge in [0.1, 0.15) is 0 Å². The molecule has 16 heavy (non-hydrogen) atoms. The molecule has 0 aliphatic heterocycles. The third kappa shape index (κ3) is 2.24. The fourth-order valence-corrected chi connectivity index (χ4v) is 4.95. The number of hydrogen-bond donors (Lipinski definition) is 2. The largest absolute Gasteiger partial charge is 0.285 e. The van der Waals surface area contributed by atoms with Crippen LogP contribution >= 0.6 is 0 Å². The quantitative estimate of drug-likeness (QED) is 0.699. The van der Waals surface area contributed by atoms with Crippen LogP contribution in [0, 0.1) is 11.8 Å². The van der Waals surface area contributed by atoms with Gasteiger partial charge >= 0.3 is 0 Å². The maximum absolute atomic E-state index is 10.9. The summed E-state index contributed by atoms with van der Waals surface area (Å²) in [6.07, 6.45) is 1.20. The summed E-state index contributed by atoms with van der Waals surface area (Å²) >= 11 is 0. The summed E-state index contributed by atoms with van der Waals surface area (Å²) in [5, 5.41) is -1.52. The first kappa shape index (κ1) is 12.3. The van der Waals surface area contributed by atoms with Gasteiger partial charge in [0, 0.05) is 0 Å². The van der Waals surface area contributed by atoms with Crippen LogP contribution in [0.25, 0.3) is 0 Å². The second kappa shape index (κ2) is 3.66. The molecule has 6 nitrogen and oxygen atoms in total. The minimum absolute atomic E-state index is 0.0150. The second-order valence-electron chi connectivity index (χ2n) is 4.74. The lowest BCUT2D eigenvalue weighted by Crippen LogP contribution is -2.21. The molecular formula is C8H14O6S2. The topological polar surface area (TPSA) is 109 Å². The normalized spacial score (nSPS) is 39.9. The van der Waals surface area contributed by atoms with Gasteiger partial charge in [-0.1, -0.05) is 0 Å². The molecule has 2 aliphatic rings. The Kier molecular flexibility index (Phi) is 2.81. The van der Waals surface area contributed by atoms with Gasteiger partial charge in [0.05, 0.1) is 10.5 Å². The van der Waals surface area contributed by atoms with Crippen LogP contribution < -0.4 is 0 Å². The Morgan fingerprint density at radius 3 is 1.12 bits per heavy atom. The van der Waals surface area contributed by atoms with Gasteiger partial charge in [-0.05, 0) is 37.5 Å². The maximum atomic E-state index is 10.9. The molecule has 2 aliphatic carbocycles. The van der Waals surface area contributed by atoms with Crippen LogP contribution in [-0.2, 0) is 20.2 Å². The molecule has 0 aromatic heterocycles. The Balaban J connectivity index is 2.07. The molecular weight excluding hydrogens is 256 g/mol. The van der Waals surface area contributed by atoms with Gasteiger partial charge in [0.2, 0.25) is 0 Å². The van der Waals surface area contributed by atoms with Gasteiger partial charge in [-0.3, -0.25) is 9.11 Å². The molecule has 2 fully saturated rings. The van der Waals surface area contributed by atoms with E-state index >= 15 is 0 Å². The van der Waals surface area contributed by atoms with Gasteiger partial charge in [0.15, 0.2) is 0 Å². The van der Waals surface area contributed by atoms with Crippen LogP contribution in [0.1, 0.15) is 25.7 Å². The zero-order valence-corrected chi connectivity index (χ0v) is 10.1. The first-order valence-electron chi connectivity index (χ1n) is 5.10. The van der Waals surface area contributed by atoms with Crippen molar-refractivity contribution < 1.29 is 25.9 Å². The standard InChI is InChI=1S/C8H14O6S2/c9-15(10,11)7-1-5-2-8(16(12,13)14)4-6(5)3-7/h5-8H,1-4H2,(H,9,10,11)(H,12,13,14). The van der Waals surface area contributed by atoms with E-state index in [0.717, 1.165) is 0 Å². The third-order valence-corrected chi connectivity index (χ3v) is 6.23. The van der Waals surface area contributed by atoms with Crippen molar-refractivity contribution in [1.82, 2.24) is 0 Å². The summed E-state index contributed by atoms with van der Waals surface area (Å²) in [5.74, 6) is -0.0299. The lowest BCUT2D eigenvalue weighted by atomic mass is 10.0. The third-order valence-electron chi connectivity index (χ3n) is 3.77. The number of hydrogen-bond acceptors (Lipinski definition) is 4. The molecule has 0 atom stereocenters. The van der Waals surface area contributed by atoms with E-state index in [0.29, 0.717) is 25.7 Å². The van der Waals surface area contributed by atoms with E-state index < -0.39 is 30.7 Å². The zero-order valence-electron chi connectivity index (χ0n) is 8.48. The van der Waals surface area contributed by atoms with Crippen LogP contribution in [0.15, 0.2) is 0 Å². The monoisotopic (exact) mass is 270 g/mol. The number of fused-ring (bicyclic) bond motifs is 1. The Morgan fingerprint density at radius 1 is 0.688 bits per heavy atom. The number of rotatable bonds is 2.